The van der Waals surface area contributed by atoms with Crippen molar-refractivity contribution in [1.29, 1.82) is 0 Å². The van der Waals surface area contributed by atoms with Crippen LogP contribution in [0.4, 0.5) is 0 Å². The molecule has 0 bridgehead atoms. The van der Waals surface area contributed by atoms with E-state index in [1.165, 1.54) is 96.3 Å². The van der Waals surface area contributed by atoms with E-state index in [1.807, 2.05) is 21.1 Å². The number of allylic oxidation sites excluding steroid dienone is 20. The van der Waals surface area contributed by atoms with Crippen LogP contribution in [0.5, 0.6) is 0 Å². The van der Waals surface area contributed by atoms with Gasteiger partial charge >= 0.3 is 7.82 Å². The second kappa shape index (κ2) is 53.7. The number of phosphoric acid groups is 1. The molecule has 0 saturated carbocycles. The number of hydrogen-bond acceptors (Lipinski definition) is 5. The van der Waals surface area contributed by atoms with Gasteiger partial charge in [-0.2, -0.15) is 0 Å². The maximum atomic E-state index is 13.0. The fraction of sp³-hybridized carbons (Fsp3) is 0.672. The molecule has 0 spiro atoms. The third-order valence-corrected chi connectivity index (χ3v) is 13.5. The summed E-state index contributed by atoms with van der Waals surface area (Å²) in [6.45, 7) is 4.74. The van der Waals surface area contributed by atoms with Crippen molar-refractivity contribution in [2.45, 2.75) is 238 Å². The molecule has 8 nitrogen and oxygen atoms in total. The third kappa shape index (κ3) is 56.5. The number of nitrogens with zero attached hydrogens (tertiary/aromatic N) is 1. The monoisotopic (exact) mass is 1040 g/mol. The molecule has 0 radical (unpaired) electrons. The smallest absolute Gasteiger partial charge is 0.391 e. The average molecular weight is 1040 g/mol. The van der Waals surface area contributed by atoms with Crippen molar-refractivity contribution in [2.75, 3.05) is 40.9 Å². The molecular formula is C64H112N2O6P+. The summed E-state index contributed by atoms with van der Waals surface area (Å²) >= 11 is 0. The van der Waals surface area contributed by atoms with Gasteiger partial charge in [0.05, 0.1) is 39.9 Å². The summed E-state index contributed by atoms with van der Waals surface area (Å²) < 4.78 is 23.7. The molecule has 0 rings (SSSR count). The lowest BCUT2D eigenvalue weighted by Crippen LogP contribution is -2.46. The lowest BCUT2D eigenvalue weighted by molar-refractivity contribution is -0.870. The Morgan fingerprint density at radius 3 is 1.18 bits per heavy atom. The van der Waals surface area contributed by atoms with Crippen LogP contribution in [0.2, 0.25) is 0 Å². The number of unbranched alkanes of at least 4 members (excludes halogenated alkanes) is 19. The van der Waals surface area contributed by atoms with Gasteiger partial charge in [-0.05, 0) is 89.9 Å². The van der Waals surface area contributed by atoms with Gasteiger partial charge in [0, 0.05) is 6.42 Å². The second-order valence-electron chi connectivity index (χ2n) is 20.6. The van der Waals surface area contributed by atoms with Crippen LogP contribution in [0.1, 0.15) is 226 Å². The molecule has 0 fully saturated rings. The van der Waals surface area contributed by atoms with Gasteiger partial charge in [-0.25, -0.2) is 4.57 Å². The minimum absolute atomic E-state index is 0.0595. The van der Waals surface area contributed by atoms with Gasteiger partial charge in [0.15, 0.2) is 0 Å². The summed E-state index contributed by atoms with van der Waals surface area (Å²) in [7, 11) is 1.57. The fourth-order valence-electron chi connectivity index (χ4n) is 7.90. The Balaban J connectivity index is 4.30. The number of carbonyl (C=O) groups excluding carboxylic acids is 1. The Morgan fingerprint density at radius 1 is 0.479 bits per heavy atom. The first kappa shape index (κ1) is 69.9. The molecular weight excluding hydrogens is 924 g/mol. The Morgan fingerprint density at radius 2 is 0.822 bits per heavy atom. The van der Waals surface area contributed by atoms with Gasteiger partial charge in [-0.3, -0.25) is 13.8 Å². The Kier molecular flexibility index (Phi) is 51.4. The molecule has 3 atom stereocenters. The minimum Gasteiger partial charge on any atom is -0.391 e. The highest BCUT2D eigenvalue weighted by molar-refractivity contribution is 7.47. The quantitative estimate of drug-likeness (QED) is 0.0243. The van der Waals surface area contributed by atoms with E-state index < -0.39 is 20.0 Å². The normalized spacial score (nSPS) is 14.8. The van der Waals surface area contributed by atoms with Crippen LogP contribution in [0.25, 0.3) is 0 Å². The number of quaternary nitrogens is 1. The van der Waals surface area contributed by atoms with Gasteiger partial charge < -0.3 is 19.8 Å². The molecule has 0 aromatic heterocycles. The second-order valence-corrected chi connectivity index (χ2v) is 22.1. The summed E-state index contributed by atoms with van der Waals surface area (Å²) in [4.78, 5) is 23.3. The van der Waals surface area contributed by atoms with Crippen molar-refractivity contribution in [3.8, 4) is 0 Å². The maximum absolute atomic E-state index is 13.0. The summed E-state index contributed by atoms with van der Waals surface area (Å²) in [5, 5.41) is 14.0. The van der Waals surface area contributed by atoms with E-state index in [0.717, 1.165) is 96.3 Å². The van der Waals surface area contributed by atoms with Gasteiger partial charge in [0.1, 0.15) is 13.2 Å². The molecule has 0 heterocycles. The highest BCUT2D eigenvalue weighted by atomic mass is 31.2. The van der Waals surface area contributed by atoms with Crippen molar-refractivity contribution in [2.24, 2.45) is 0 Å². The number of rotatable bonds is 52. The zero-order valence-electron chi connectivity index (χ0n) is 47.6. The fourth-order valence-corrected chi connectivity index (χ4v) is 8.63. The Labute approximate surface area is 450 Å². The molecule has 0 saturated heterocycles. The first-order valence-electron chi connectivity index (χ1n) is 29.4. The van der Waals surface area contributed by atoms with Crippen LogP contribution in [-0.2, 0) is 18.4 Å². The number of aliphatic hydroxyl groups excluding tert-OH is 1. The molecule has 73 heavy (non-hydrogen) atoms. The number of amides is 1. The lowest BCUT2D eigenvalue weighted by atomic mass is 10.0. The van der Waals surface area contributed by atoms with E-state index in [9.17, 15) is 19.4 Å². The molecule has 0 aromatic carbocycles. The van der Waals surface area contributed by atoms with Crippen molar-refractivity contribution in [3.63, 3.8) is 0 Å². The van der Waals surface area contributed by atoms with Crippen LogP contribution in [0, 0.1) is 0 Å². The minimum atomic E-state index is -4.34. The summed E-state index contributed by atoms with van der Waals surface area (Å²) in [6.07, 6.45) is 79.7. The van der Waals surface area contributed by atoms with Gasteiger partial charge in [0.25, 0.3) is 0 Å². The molecule has 9 heteroatoms. The number of hydrogen-bond donors (Lipinski definition) is 3. The molecule has 418 valence electrons. The molecule has 0 aliphatic heterocycles. The predicted octanol–water partition coefficient (Wildman–Crippen LogP) is 18.1. The van der Waals surface area contributed by atoms with Crippen LogP contribution in [0.15, 0.2) is 122 Å². The van der Waals surface area contributed by atoms with Crippen molar-refractivity contribution in [1.82, 2.24) is 5.32 Å². The third-order valence-electron chi connectivity index (χ3n) is 12.5. The summed E-state index contributed by atoms with van der Waals surface area (Å²) in [5.41, 5.74) is 0. The Bertz CT molecular complexity index is 1600. The molecule has 3 unspecified atom stereocenters. The first-order valence-corrected chi connectivity index (χ1v) is 30.9. The number of nitrogens with one attached hydrogen (secondary N) is 1. The largest absolute Gasteiger partial charge is 0.472 e. The highest BCUT2D eigenvalue weighted by Gasteiger charge is 2.28. The molecule has 1 amide bonds. The van der Waals surface area contributed by atoms with Gasteiger partial charge in [-0.1, -0.05) is 251 Å². The SMILES string of the molecule is CC/C=C\C/C=C\C/C=C\C/C=C\C/C=C\C/C=C\C/C=C\C/C=C\C/C=C\C/C=C\CCCCC(=O)NC(COP(=O)(O)OCC[N+](C)(C)C)C(O)CCCCCCCCCCCCCCCCCCCC. The van der Waals surface area contributed by atoms with E-state index in [2.05, 4.69) is 141 Å². The van der Waals surface area contributed by atoms with Gasteiger partial charge in [0.2, 0.25) is 5.91 Å². The van der Waals surface area contributed by atoms with Crippen LogP contribution in [-0.4, -0.2) is 73.4 Å². The zero-order chi connectivity index (χ0) is 53.5. The molecule has 3 N–H and O–H groups in total. The van der Waals surface area contributed by atoms with E-state index in [1.54, 1.807) is 0 Å². The van der Waals surface area contributed by atoms with Crippen molar-refractivity contribution >= 4 is 13.7 Å². The number of aliphatic hydroxyl groups is 1. The number of phosphoric ester groups is 1. The first-order chi connectivity index (χ1) is 35.5. The topological polar surface area (TPSA) is 105 Å². The van der Waals surface area contributed by atoms with E-state index in [0.29, 0.717) is 30.3 Å². The van der Waals surface area contributed by atoms with Crippen molar-refractivity contribution in [3.05, 3.63) is 122 Å². The van der Waals surface area contributed by atoms with E-state index >= 15 is 0 Å². The van der Waals surface area contributed by atoms with E-state index in [4.69, 9.17) is 9.05 Å². The zero-order valence-corrected chi connectivity index (χ0v) is 48.5. The van der Waals surface area contributed by atoms with E-state index in [-0.39, 0.29) is 19.1 Å². The maximum Gasteiger partial charge on any atom is 0.472 e. The Hall–Kier alpha value is -3.10. The predicted molar refractivity (Wildman–Crippen MR) is 318 cm³/mol. The van der Waals surface area contributed by atoms with Crippen LogP contribution < -0.4 is 5.32 Å². The van der Waals surface area contributed by atoms with Gasteiger partial charge in [-0.15, -0.1) is 0 Å². The van der Waals surface area contributed by atoms with Crippen LogP contribution in [0.3, 0.4) is 0 Å². The molecule has 0 aliphatic carbocycles. The van der Waals surface area contributed by atoms with Crippen molar-refractivity contribution < 1.29 is 32.9 Å². The lowest BCUT2D eigenvalue weighted by Gasteiger charge is -2.26. The van der Waals surface area contributed by atoms with Crippen LogP contribution >= 0.6 is 7.82 Å². The summed E-state index contributed by atoms with van der Waals surface area (Å²) in [6, 6.07) is -0.794. The number of carbonyl (C=O) groups is 1. The molecule has 0 aliphatic rings. The average Bonchev–Trinajstić information content (AvgIpc) is 3.35. The summed E-state index contributed by atoms with van der Waals surface area (Å²) in [5.74, 6) is -0.190. The standard InChI is InChI=1S/C64H111N2O6P/c1-6-8-10-12-14-16-18-20-22-24-26-27-28-29-30-31-32-33-34-35-36-37-38-39-40-42-44-46-48-50-52-54-56-58-64(68)65-62(61-72-73(69,70)71-60-59-66(3,4)5)63(67)57-55-53-51-49-47-45-43-41-25-23-21-19-17-15-13-11-9-7-2/h8,10,14,16,20,22,26-27,29-30,32-33,35-36,38-39,42,44,48,50,62-63,67H,6-7,9,11-13,15,17-19,21,23-25,28,31,34,37,40-41,43,45-47,49,51-61H2,1-5H3,(H-,65,68,69,70)/p+1/b10-8-,16-14-,22-20-,27-26-,30-29-,33-32-,36-35-,39-38-,44-42-,50-48-. The number of likely N-dealkylation sites (N-methyl/N-ethyl adjacent to an activating group) is 1. The molecule has 0 aromatic rings. The highest BCUT2D eigenvalue weighted by Crippen LogP contribution is 2.43.